The van der Waals surface area contributed by atoms with E-state index >= 15 is 0 Å². The van der Waals surface area contributed by atoms with Gasteiger partial charge in [0.2, 0.25) is 5.91 Å². The highest BCUT2D eigenvalue weighted by Crippen LogP contribution is 2.33. The molecule has 0 bridgehead atoms. The number of carbonyl (C=O) groups excluding carboxylic acids is 2. The van der Waals surface area contributed by atoms with Gasteiger partial charge in [-0.05, 0) is 70.0 Å². The van der Waals surface area contributed by atoms with Crippen LogP contribution in [0, 0.1) is 0 Å². The lowest BCUT2D eigenvalue weighted by atomic mass is 9.87. The van der Waals surface area contributed by atoms with Crippen molar-refractivity contribution in [3.8, 4) is 34.0 Å². The van der Waals surface area contributed by atoms with E-state index in [2.05, 4.69) is 50.4 Å². The van der Waals surface area contributed by atoms with E-state index in [-0.39, 0.29) is 17.6 Å². The molecule has 0 saturated carbocycles. The van der Waals surface area contributed by atoms with Crippen LogP contribution in [0.3, 0.4) is 0 Å². The molecule has 0 spiro atoms. The van der Waals surface area contributed by atoms with Gasteiger partial charge in [-0.15, -0.1) is 0 Å². The summed E-state index contributed by atoms with van der Waals surface area (Å²) in [5.41, 5.74) is 11.9. The molecule has 8 heteroatoms. The van der Waals surface area contributed by atoms with Gasteiger partial charge in [0.1, 0.15) is 17.5 Å². The highest BCUT2D eigenvalue weighted by Gasteiger charge is 2.22. The van der Waals surface area contributed by atoms with Gasteiger partial charge in [0.05, 0.1) is 11.4 Å². The number of primary amides is 1. The van der Waals surface area contributed by atoms with Crippen molar-refractivity contribution in [2.24, 2.45) is 5.73 Å². The number of fused-ring (bicyclic) bond motifs is 1. The Balaban J connectivity index is 1.37. The van der Waals surface area contributed by atoms with E-state index in [1.807, 2.05) is 53.5 Å². The topological polar surface area (TPSA) is 123 Å². The molecule has 1 atom stereocenters. The van der Waals surface area contributed by atoms with Crippen LogP contribution in [0.5, 0.6) is 5.75 Å². The lowest BCUT2D eigenvalue weighted by Gasteiger charge is -2.19. The monoisotopic (exact) mass is 609 g/mol. The molecule has 4 aromatic carbocycles. The number of pyridine rings is 1. The number of phenols is 1. The predicted octanol–water partition coefficient (Wildman–Crippen LogP) is 6.58. The Hall–Kier alpha value is -5.76. The lowest BCUT2D eigenvalue weighted by Crippen LogP contribution is -2.45. The van der Waals surface area contributed by atoms with Crippen LogP contribution in [0.15, 0.2) is 116 Å². The molecule has 6 rings (SSSR count). The maximum atomic E-state index is 13.4. The summed E-state index contributed by atoms with van der Waals surface area (Å²) in [7, 11) is 0. The Morgan fingerprint density at radius 2 is 1.61 bits per heavy atom. The number of rotatable bonds is 8. The molecule has 4 N–H and O–H groups in total. The number of nitrogens with zero attached hydrogens (tertiary/aromatic N) is 3. The number of phenolic OH excluding ortho intramolecular Hbond substituents is 1. The quantitative estimate of drug-likeness (QED) is 0.180. The van der Waals surface area contributed by atoms with E-state index in [4.69, 9.17) is 15.8 Å². The van der Waals surface area contributed by atoms with Gasteiger partial charge >= 0.3 is 0 Å². The van der Waals surface area contributed by atoms with Crippen molar-refractivity contribution in [2.75, 3.05) is 0 Å². The fraction of sp³-hybridized carbons (Fsp3) is 0.158. The third kappa shape index (κ3) is 6.51. The maximum absolute atomic E-state index is 13.4. The Labute approximate surface area is 267 Å². The van der Waals surface area contributed by atoms with Gasteiger partial charge in [0.15, 0.2) is 0 Å². The number of nitrogens with two attached hydrogens (primary N) is 1. The number of nitrogens with one attached hydrogen (secondary N) is 1. The summed E-state index contributed by atoms with van der Waals surface area (Å²) < 4.78 is 1.83. The van der Waals surface area contributed by atoms with E-state index in [9.17, 15) is 14.7 Å². The van der Waals surface area contributed by atoms with Crippen LogP contribution < -0.4 is 11.1 Å². The molecule has 0 aliphatic rings. The Morgan fingerprint density at radius 3 is 2.30 bits per heavy atom. The molecular formula is C38H35N5O3. The van der Waals surface area contributed by atoms with Crippen LogP contribution in [0.4, 0.5) is 0 Å². The zero-order valence-corrected chi connectivity index (χ0v) is 25.9. The third-order valence-corrected chi connectivity index (χ3v) is 8.05. The van der Waals surface area contributed by atoms with Gasteiger partial charge in [0.25, 0.3) is 5.91 Å². The Bertz CT molecular complexity index is 2040. The second-order valence-corrected chi connectivity index (χ2v) is 12.4. The minimum atomic E-state index is -0.933. The molecule has 2 heterocycles. The van der Waals surface area contributed by atoms with E-state index in [0.29, 0.717) is 17.0 Å². The average Bonchev–Trinajstić information content (AvgIpc) is 3.50. The molecule has 46 heavy (non-hydrogen) atoms. The van der Waals surface area contributed by atoms with Crippen molar-refractivity contribution in [1.82, 2.24) is 20.1 Å². The molecule has 2 aromatic heterocycles. The van der Waals surface area contributed by atoms with Crippen molar-refractivity contribution >= 4 is 22.6 Å². The number of amides is 2. The van der Waals surface area contributed by atoms with Crippen molar-refractivity contribution in [3.05, 3.63) is 132 Å². The lowest BCUT2D eigenvalue weighted by molar-refractivity contribution is -0.119. The van der Waals surface area contributed by atoms with Crippen LogP contribution in [-0.4, -0.2) is 37.7 Å². The maximum Gasteiger partial charge on any atom is 0.251 e. The highest BCUT2D eigenvalue weighted by atomic mass is 16.3. The number of benzene rings is 4. The van der Waals surface area contributed by atoms with Crippen molar-refractivity contribution in [3.63, 3.8) is 0 Å². The van der Waals surface area contributed by atoms with E-state index in [1.54, 1.807) is 30.3 Å². The molecule has 2 amide bonds. The first kappa shape index (κ1) is 30.3. The fourth-order valence-corrected chi connectivity index (χ4v) is 5.39. The smallest absolute Gasteiger partial charge is 0.251 e. The van der Waals surface area contributed by atoms with Gasteiger partial charge in [-0.25, -0.2) is 4.68 Å². The number of hydrogen-bond acceptors (Lipinski definition) is 5. The standard InChI is InChI=1S/C38H35N5O3/c1-38(2,3)29-13-15-30(16-14-29)43-23-32(35(42-43)33-21-25-7-4-5-8-28(25)22-40-33)26-9-6-10-27(20-26)37(46)41-34(36(39)45)19-24-11-17-31(44)18-12-24/h4-18,20-23,34,44H,19H2,1-3H3,(H2,39,45)(H,41,46)/t34-/m0/s1. The molecule has 0 fully saturated rings. The number of carbonyl (C=O) groups is 2. The van der Waals surface area contributed by atoms with Gasteiger partial charge in [-0.1, -0.05) is 81.4 Å². The number of aromatic nitrogens is 3. The van der Waals surface area contributed by atoms with E-state index < -0.39 is 17.9 Å². The first-order chi connectivity index (χ1) is 22.0. The molecule has 230 valence electrons. The van der Waals surface area contributed by atoms with Gasteiger partial charge in [0, 0.05) is 35.3 Å². The van der Waals surface area contributed by atoms with Gasteiger partial charge < -0.3 is 16.2 Å². The van der Waals surface area contributed by atoms with Crippen LogP contribution in [0.2, 0.25) is 0 Å². The summed E-state index contributed by atoms with van der Waals surface area (Å²) in [5.74, 6) is -0.968. The fourth-order valence-electron chi connectivity index (χ4n) is 5.39. The molecule has 6 aromatic rings. The zero-order valence-electron chi connectivity index (χ0n) is 25.9. The van der Waals surface area contributed by atoms with Crippen LogP contribution in [-0.2, 0) is 16.6 Å². The SMILES string of the molecule is CC(C)(C)c1ccc(-n2cc(-c3cccc(C(=O)N[C@@H](Cc4ccc(O)cc4)C(N)=O)c3)c(-c3cc4ccccc4cn3)n2)cc1. The molecule has 0 unspecified atom stereocenters. The van der Waals surface area contributed by atoms with Crippen LogP contribution in [0.25, 0.3) is 39.0 Å². The summed E-state index contributed by atoms with van der Waals surface area (Å²) in [6.07, 6.45) is 3.99. The Morgan fingerprint density at radius 1 is 0.891 bits per heavy atom. The van der Waals surface area contributed by atoms with E-state index in [0.717, 1.165) is 33.2 Å². The zero-order chi connectivity index (χ0) is 32.4. The molecular weight excluding hydrogens is 574 g/mol. The number of hydrogen-bond donors (Lipinski definition) is 3. The van der Waals surface area contributed by atoms with Crippen molar-refractivity contribution in [1.29, 1.82) is 0 Å². The third-order valence-electron chi connectivity index (χ3n) is 8.05. The average molecular weight is 610 g/mol. The van der Waals surface area contributed by atoms with Crippen molar-refractivity contribution < 1.29 is 14.7 Å². The summed E-state index contributed by atoms with van der Waals surface area (Å²) in [5, 5.41) is 19.4. The summed E-state index contributed by atoms with van der Waals surface area (Å²) >= 11 is 0. The number of aromatic hydroxyl groups is 1. The van der Waals surface area contributed by atoms with Crippen LogP contribution in [0.1, 0.15) is 42.3 Å². The first-order valence-electron chi connectivity index (χ1n) is 15.1. The normalized spacial score (nSPS) is 12.2. The van der Waals surface area contributed by atoms with Gasteiger partial charge in [-0.3, -0.25) is 14.6 Å². The minimum absolute atomic E-state index is 0.0204. The summed E-state index contributed by atoms with van der Waals surface area (Å²) in [6.45, 7) is 6.54. The van der Waals surface area contributed by atoms with Crippen molar-refractivity contribution in [2.45, 2.75) is 38.6 Å². The highest BCUT2D eigenvalue weighted by molar-refractivity contribution is 5.99. The molecule has 0 aliphatic heterocycles. The van der Waals surface area contributed by atoms with Crippen LogP contribution >= 0.6 is 0 Å². The summed E-state index contributed by atoms with van der Waals surface area (Å²) in [6, 6.07) is 31.1. The Kier molecular flexibility index (Phi) is 8.11. The molecule has 0 radical (unpaired) electrons. The van der Waals surface area contributed by atoms with Gasteiger partial charge in [-0.2, -0.15) is 5.10 Å². The minimum Gasteiger partial charge on any atom is -0.508 e. The second kappa shape index (κ2) is 12.3. The second-order valence-electron chi connectivity index (χ2n) is 12.4. The first-order valence-corrected chi connectivity index (χ1v) is 15.1. The van der Waals surface area contributed by atoms with E-state index in [1.165, 1.54) is 17.7 Å². The largest absolute Gasteiger partial charge is 0.508 e. The summed E-state index contributed by atoms with van der Waals surface area (Å²) in [4.78, 5) is 30.5. The predicted molar refractivity (Wildman–Crippen MR) is 181 cm³/mol. The molecule has 8 nitrogen and oxygen atoms in total. The molecule has 0 saturated heterocycles. The molecule has 0 aliphatic carbocycles.